The summed E-state index contributed by atoms with van der Waals surface area (Å²) in [5, 5.41) is 11.2. The third-order valence-electron chi connectivity index (χ3n) is 2.32. The molecule has 0 bridgehead atoms. The summed E-state index contributed by atoms with van der Waals surface area (Å²) < 4.78 is 5.38. The number of nitrogen functional groups attached to an aromatic ring is 1. The van der Waals surface area contributed by atoms with Crippen molar-refractivity contribution in [1.82, 2.24) is 4.98 Å². The number of anilines is 1. The Kier molecular flexibility index (Phi) is 3.82. The summed E-state index contributed by atoms with van der Waals surface area (Å²) in [7, 11) is 0. The fourth-order valence-electron chi connectivity index (χ4n) is 1.48. The minimum atomic E-state index is -0.529. The molecular weight excluding hydrogens is 270 g/mol. The van der Waals surface area contributed by atoms with Gasteiger partial charge >= 0.3 is 5.69 Å². The van der Waals surface area contributed by atoms with Gasteiger partial charge in [0.2, 0.25) is 0 Å². The van der Waals surface area contributed by atoms with Crippen LogP contribution < -0.4 is 10.5 Å². The first-order valence-corrected chi connectivity index (χ1v) is 5.72. The van der Waals surface area contributed by atoms with Crippen molar-refractivity contribution in [2.75, 3.05) is 5.73 Å². The number of hydrogen-bond donors (Lipinski definition) is 1. The van der Waals surface area contributed by atoms with Gasteiger partial charge in [-0.1, -0.05) is 17.7 Å². The first-order chi connectivity index (χ1) is 9.06. The van der Waals surface area contributed by atoms with Gasteiger partial charge in [0.1, 0.15) is 12.4 Å². The average molecular weight is 280 g/mol. The number of ether oxygens (including phenoxy) is 1. The van der Waals surface area contributed by atoms with E-state index in [9.17, 15) is 10.1 Å². The molecule has 1 aromatic carbocycles. The molecule has 0 amide bonds. The molecule has 2 rings (SSSR count). The number of aromatic nitrogens is 1. The Morgan fingerprint density at radius 1 is 1.37 bits per heavy atom. The Morgan fingerprint density at radius 3 is 2.84 bits per heavy atom. The average Bonchev–Trinajstić information content (AvgIpc) is 2.36. The van der Waals surface area contributed by atoms with Crippen molar-refractivity contribution < 1.29 is 9.66 Å². The van der Waals surface area contributed by atoms with Crippen LogP contribution in [0.15, 0.2) is 36.4 Å². The monoisotopic (exact) mass is 279 g/mol. The van der Waals surface area contributed by atoms with Gasteiger partial charge in [-0.05, 0) is 18.2 Å². The third kappa shape index (κ3) is 3.32. The first kappa shape index (κ1) is 13.1. The maximum atomic E-state index is 10.8. The Balaban J connectivity index is 2.19. The predicted octanol–water partition coefficient (Wildman–Crippen LogP) is 2.80. The van der Waals surface area contributed by atoms with Crippen LogP contribution in [0.5, 0.6) is 5.75 Å². The molecule has 98 valence electrons. The largest absolute Gasteiger partial charge is 0.480 e. The number of rotatable bonds is 4. The summed E-state index contributed by atoms with van der Waals surface area (Å²) >= 11 is 5.79. The first-order valence-electron chi connectivity index (χ1n) is 5.34. The van der Waals surface area contributed by atoms with Crippen molar-refractivity contribution >= 4 is 23.1 Å². The zero-order chi connectivity index (χ0) is 13.8. The highest BCUT2D eigenvalue weighted by Crippen LogP contribution is 2.30. The lowest BCUT2D eigenvalue weighted by Gasteiger charge is -2.07. The van der Waals surface area contributed by atoms with Gasteiger partial charge in [-0.3, -0.25) is 10.1 Å². The molecule has 0 aliphatic rings. The minimum absolute atomic E-state index is 0.0756. The molecule has 0 aliphatic carbocycles. The summed E-state index contributed by atoms with van der Waals surface area (Å²) in [6.07, 6.45) is 0. The number of nitrogens with zero attached hydrogens (tertiary/aromatic N) is 2. The second-order valence-electron chi connectivity index (χ2n) is 3.71. The zero-order valence-electron chi connectivity index (χ0n) is 9.75. The van der Waals surface area contributed by atoms with E-state index in [1.165, 1.54) is 18.2 Å². The highest BCUT2D eigenvalue weighted by Gasteiger charge is 2.15. The van der Waals surface area contributed by atoms with Gasteiger partial charge in [0.25, 0.3) is 0 Å². The summed E-state index contributed by atoms with van der Waals surface area (Å²) in [4.78, 5) is 14.4. The summed E-state index contributed by atoms with van der Waals surface area (Å²) in [5.74, 6) is 0.461. The lowest BCUT2D eigenvalue weighted by Crippen LogP contribution is -2.02. The molecule has 1 heterocycles. The number of pyridine rings is 1. The molecule has 0 saturated carbocycles. The van der Waals surface area contributed by atoms with Crippen LogP contribution in [0.2, 0.25) is 5.02 Å². The highest BCUT2D eigenvalue weighted by molar-refractivity contribution is 6.30. The Hall–Kier alpha value is -2.34. The Labute approximate surface area is 113 Å². The normalized spacial score (nSPS) is 10.2. The van der Waals surface area contributed by atoms with E-state index in [0.29, 0.717) is 16.5 Å². The van der Waals surface area contributed by atoms with Crippen LogP contribution in [0.1, 0.15) is 5.69 Å². The predicted molar refractivity (Wildman–Crippen MR) is 71.1 cm³/mol. The second kappa shape index (κ2) is 5.53. The minimum Gasteiger partial charge on any atom is -0.480 e. The topological polar surface area (TPSA) is 91.3 Å². The molecule has 0 unspecified atom stereocenters. The van der Waals surface area contributed by atoms with Crippen LogP contribution in [0.3, 0.4) is 0 Å². The lowest BCUT2D eigenvalue weighted by molar-refractivity contribution is -0.385. The van der Waals surface area contributed by atoms with Crippen LogP contribution in [-0.4, -0.2) is 9.91 Å². The van der Waals surface area contributed by atoms with Crippen LogP contribution in [-0.2, 0) is 6.61 Å². The van der Waals surface area contributed by atoms with Crippen LogP contribution in [0.25, 0.3) is 0 Å². The van der Waals surface area contributed by atoms with E-state index in [0.717, 1.165) is 0 Å². The van der Waals surface area contributed by atoms with Gasteiger partial charge in [-0.15, -0.1) is 0 Å². The van der Waals surface area contributed by atoms with Crippen molar-refractivity contribution in [3.05, 3.63) is 57.2 Å². The number of benzene rings is 1. The molecule has 1 aromatic heterocycles. The molecule has 0 atom stereocenters. The molecule has 2 aromatic rings. The van der Waals surface area contributed by atoms with Crippen molar-refractivity contribution in [2.45, 2.75) is 6.61 Å². The maximum Gasteiger partial charge on any atom is 0.311 e. The molecular formula is C12H10ClN3O3. The van der Waals surface area contributed by atoms with E-state index in [4.69, 9.17) is 22.1 Å². The third-order valence-corrected chi connectivity index (χ3v) is 2.56. The molecule has 0 saturated heterocycles. The summed E-state index contributed by atoms with van der Waals surface area (Å²) in [6, 6.07) is 9.22. The molecule has 0 spiro atoms. The van der Waals surface area contributed by atoms with Crippen molar-refractivity contribution in [2.24, 2.45) is 0 Å². The lowest BCUT2D eigenvalue weighted by atomic mass is 10.3. The molecule has 0 fully saturated rings. The van der Waals surface area contributed by atoms with Crippen LogP contribution in [0, 0.1) is 10.1 Å². The van der Waals surface area contributed by atoms with Crippen LogP contribution in [0.4, 0.5) is 11.5 Å². The van der Waals surface area contributed by atoms with Gasteiger partial charge in [0.15, 0.2) is 5.75 Å². The number of nitrogens with two attached hydrogens (primary N) is 1. The molecule has 7 heteroatoms. The molecule has 0 radical (unpaired) electrons. The number of nitro benzene ring substituents is 1. The van der Waals surface area contributed by atoms with E-state index in [1.54, 1.807) is 18.2 Å². The van der Waals surface area contributed by atoms with E-state index in [-0.39, 0.29) is 18.0 Å². The molecule has 19 heavy (non-hydrogen) atoms. The van der Waals surface area contributed by atoms with Crippen LogP contribution >= 0.6 is 11.6 Å². The Morgan fingerprint density at radius 2 is 2.16 bits per heavy atom. The van der Waals surface area contributed by atoms with Gasteiger partial charge in [0.05, 0.1) is 10.6 Å². The zero-order valence-corrected chi connectivity index (χ0v) is 10.5. The molecule has 0 aliphatic heterocycles. The van der Waals surface area contributed by atoms with Gasteiger partial charge < -0.3 is 10.5 Å². The smallest absolute Gasteiger partial charge is 0.311 e. The number of hydrogen-bond acceptors (Lipinski definition) is 5. The van der Waals surface area contributed by atoms with Crippen molar-refractivity contribution in [3.63, 3.8) is 0 Å². The summed E-state index contributed by atoms with van der Waals surface area (Å²) in [5.41, 5.74) is 5.97. The quantitative estimate of drug-likeness (QED) is 0.686. The molecule has 2 N–H and O–H groups in total. The number of nitro groups is 1. The van der Waals surface area contributed by atoms with Gasteiger partial charge in [-0.25, -0.2) is 4.98 Å². The van der Waals surface area contributed by atoms with Gasteiger partial charge in [0, 0.05) is 17.2 Å². The van der Waals surface area contributed by atoms with Gasteiger partial charge in [-0.2, -0.15) is 0 Å². The fourth-order valence-corrected chi connectivity index (χ4v) is 1.65. The SMILES string of the molecule is Nc1cccc(COc2cc(Cl)ccc2[N+](=O)[O-])n1. The maximum absolute atomic E-state index is 10.8. The second-order valence-corrected chi connectivity index (χ2v) is 4.15. The van der Waals surface area contributed by atoms with Crippen molar-refractivity contribution in [1.29, 1.82) is 0 Å². The fraction of sp³-hybridized carbons (Fsp3) is 0.0833. The highest BCUT2D eigenvalue weighted by atomic mass is 35.5. The van der Waals surface area contributed by atoms with E-state index >= 15 is 0 Å². The standard InChI is InChI=1S/C12H10ClN3O3/c13-8-4-5-10(16(17)18)11(6-8)19-7-9-2-1-3-12(14)15-9/h1-6H,7H2,(H2,14,15). The molecule has 6 nitrogen and oxygen atoms in total. The Bertz CT molecular complexity index is 619. The van der Waals surface area contributed by atoms with Crippen molar-refractivity contribution in [3.8, 4) is 5.75 Å². The van der Waals surface area contributed by atoms with E-state index < -0.39 is 4.92 Å². The number of halogens is 1. The summed E-state index contributed by atoms with van der Waals surface area (Å²) in [6.45, 7) is 0.0756. The van der Waals surface area contributed by atoms with E-state index in [2.05, 4.69) is 4.98 Å². The van der Waals surface area contributed by atoms with E-state index in [1.807, 2.05) is 0 Å².